The van der Waals surface area contributed by atoms with Crippen molar-refractivity contribution in [2.75, 3.05) is 0 Å². The van der Waals surface area contributed by atoms with Gasteiger partial charge in [-0.2, -0.15) is 0 Å². The van der Waals surface area contributed by atoms with Gasteiger partial charge in [-0.1, -0.05) is 0 Å². The van der Waals surface area contributed by atoms with Crippen LogP contribution in [0.1, 0.15) is 5.69 Å². The van der Waals surface area contributed by atoms with Crippen molar-refractivity contribution in [2.45, 2.75) is 6.54 Å². The molecule has 3 nitrogen and oxygen atoms in total. The molecule has 0 atom stereocenters. The van der Waals surface area contributed by atoms with Gasteiger partial charge in [0.1, 0.15) is 11.6 Å². The average molecular weight is 297 g/mol. The highest BCUT2D eigenvalue weighted by atomic mass is 79.9. The Kier molecular flexibility index (Phi) is 3.71. The van der Waals surface area contributed by atoms with Crippen LogP contribution in [0, 0.1) is 5.82 Å². The van der Waals surface area contributed by atoms with Crippen molar-refractivity contribution in [1.29, 1.82) is 0 Å². The number of hydrogen-bond donors (Lipinski definition) is 1. The molecular formula is C12H10BrFN2O. The fraction of sp³-hybridized carbons (Fsp3) is 0.0833. The second kappa shape index (κ2) is 5.25. The lowest BCUT2D eigenvalue weighted by Crippen LogP contribution is -2.02. The van der Waals surface area contributed by atoms with E-state index in [0.29, 0.717) is 17.2 Å². The maximum atomic E-state index is 12.7. The monoisotopic (exact) mass is 296 g/mol. The highest BCUT2D eigenvalue weighted by Crippen LogP contribution is 2.26. The fourth-order valence-corrected chi connectivity index (χ4v) is 1.63. The molecule has 0 aliphatic rings. The minimum Gasteiger partial charge on any atom is -0.455 e. The summed E-state index contributed by atoms with van der Waals surface area (Å²) in [7, 11) is 0. The molecule has 0 saturated heterocycles. The maximum Gasteiger partial charge on any atom is 0.151 e. The van der Waals surface area contributed by atoms with E-state index < -0.39 is 0 Å². The lowest BCUT2D eigenvalue weighted by molar-refractivity contribution is 0.470. The van der Waals surface area contributed by atoms with Gasteiger partial charge in [-0.15, -0.1) is 0 Å². The van der Waals surface area contributed by atoms with Gasteiger partial charge < -0.3 is 10.5 Å². The molecule has 2 N–H and O–H groups in total. The van der Waals surface area contributed by atoms with Crippen molar-refractivity contribution in [3.05, 3.63) is 52.5 Å². The molecule has 0 spiro atoms. The summed E-state index contributed by atoms with van der Waals surface area (Å²) in [5, 5.41) is 0. The minimum absolute atomic E-state index is 0.282. The Labute approximate surface area is 107 Å². The zero-order valence-corrected chi connectivity index (χ0v) is 10.4. The minimum atomic E-state index is -0.302. The molecule has 0 amide bonds. The van der Waals surface area contributed by atoms with Crippen molar-refractivity contribution >= 4 is 15.9 Å². The van der Waals surface area contributed by atoms with Crippen LogP contribution < -0.4 is 10.5 Å². The number of nitrogens with zero attached hydrogens (tertiary/aromatic N) is 1. The molecule has 0 fully saturated rings. The summed E-state index contributed by atoms with van der Waals surface area (Å²) in [6, 6.07) is 7.55. The molecule has 0 bridgehead atoms. The molecular weight excluding hydrogens is 287 g/mol. The predicted octanol–water partition coefficient (Wildman–Crippen LogP) is 3.23. The van der Waals surface area contributed by atoms with Gasteiger partial charge in [-0.05, 0) is 46.3 Å². The first-order chi connectivity index (χ1) is 8.19. The van der Waals surface area contributed by atoms with Gasteiger partial charge in [0.15, 0.2) is 5.75 Å². The number of benzene rings is 1. The van der Waals surface area contributed by atoms with Crippen LogP contribution in [-0.2, 0) is 6.54 Å². The molecule has 2 aromatic rings. The number of halogens is 2. The predicted molar refractivity (Wildman–Crippen MR) is 66.3 cm³/mol. The van der Waals surface area contributed by atoms with Crippen LogP contribution in [0.2, 0.25) is 0 Å². The Morgan fingerprint density at radius 1 is 1.29 bits per heavy atom. The van der Waals surface area contributed by atoms with Crippen LogP contribution in [0.25, 0.3) is 0 Å². The SMILES string of the molecule is NCc1ncc(Br)cc1Oc1ccc(F)cc1. The summed E-state index contributed by atoms with van der Waals surface area (Å²) >= 11 is 3.31. The smallest absolute Gasteiger partial charge is 0.151 e. The van der Waals surface area contributed by atoms with Crippen molar-refractivity contribution < 1.29 is 9.13 Å². The molecule has 5 heteroatoms. The van der Waals surface area contributed by atoms with Gasteiger partial charge in [0, 0.05) is 17.2 Å². The average Bonchev–Trinajstić information content (AvgIpc) is 2.32. The fourth-order valence-electron chi connectivity index (χ4n) is 1.32. The van der Waals surface area contributed by atoms with Gasteiger partial charge >= 0.3 is 0 Å². The summed E-state index contributed by atoms with van der Waals surface area (Å²) in [5.74, 6) is 0.804. The summed E-state index contributed by atoms with van der Waals surface area (Å²) < 4.78 is 19.1. The summed E-state index contributed by atoms with van der Waals surface area (Å²) in [5.41, 5.74) is 6.21. The van der Waals surface area contributed by atoms with E-state index in [0.717, 1.165) is 4.47 Å². The molecule has 2 rings (SSSR count). The Morgan fingerprint density at radius 3 is 2.65 bits per heavy atom. The number of aromatic nitrogens is 1. The zero-order chi connectivity index (χ0) is 12.3. The number of nitrogens with two attached hydrogens (primary N) is 1. The Balaban J connectivity index is 2.28. The van der Waals surface area contributed by atoms with Gasteiger partial charge in [0.2, 0.25) is 0 Å². The lowest BCUT2D eigenvalue weighted by atomic mass is 10.3. The Bertz CT molecular complexity index is 516. The van der Waals surface area contributed by atoms with E-state index in [1.165, 1.54) is 12.1 Å². The lowest BCUT2D eigenvalue weighted by Gasteiger charge is -2.09. The largest absolute Gasteiger partial charge is 0.455 e. The van der Waals surface area contributed by atoms with Crippen molar-refractivity contribution in [3.63, 3.8) is 0 Å². The molecule has 0 aliphatic carbocycles. The third-order valence-corrected chi connectivity index (χ3v) is 2.57. The first-order valence-electron chi connectivity index (χ1n) is 4.97. The normalized spacial score (nSPS) is 10.3. The zero-order valence-electron chi connectivity index (χ0n) is 8.86. The Morgan fingerprint density at radius 2 is 2.00 bits per heavy atom. The number of rotatable bonds is 3. The molecule has 1 heterocycles. The number of hydrogen-bond acceptors (Lipinski definition) is 3. The molecule has 17 heavy (non-hydrogen) atoms. The first-order valence-corrected chi connectivity index (χ1v) is 5.76. The standard InChI is InChI=1S/C12H10BrFN2O/c13-8-5-12(11(6-15)16-7-8)17-10-3-1-9(14)2-4-10/h1-5,7H,6,15H2. The molecule has 0 saturated carbocycles. The van der Waals surface area contributed by atoms with Gasteiger partial charge in [0.05, 0.1) is 5.69 Å². The van der Waals surface area contributed by atoms with Crippen LogP contribution in [0.5, 0.6) is 11.5 Å². The van der Waals surface area contributed by atoms with E-state index >= 15 is 0 Å². The Hall–Kier alpha value is -1.46. The molecule has 1 aromatic heterocycles. The van der Waals surface area contributed by atoms with E-state index in [-0.39, 0.29) is 12.4 Å². The second-order valence-electron chi connectivity index (χ2n) is 3.36. The molecule has 0 aliphatic heterocycles. The number of ether oxygens (including phenoxy) is 1. The van der Waals surface area contributed by atoms with E-state index in [9.17, 15) is 4.39 Å². The van der Waals surface area contributed by atoms with Crippen molar-refractivity contribution in [3.8, 4) is 11.5 Å². The summed E-state index contributed by atoms with van der Waals surface area (Å²) in [6.07, 6.45) is 1.65. The maximum absolute atomic E-state index is 12.7. The third-order valence-electron chi connectivity index (χ3n) is 2.13. The molecule has 0 unspecified atom stereocenters. The second-order valence-corrected chi connectivity index (χ2v) is 4.27. The van der Waals surface area contributed by atoms with Gasteiger partial charge in [0.25, 0.3) is 0 Å². The third kappa shape index (κ3) is 3.01. The summed E-state index contributed by atoms with van der Waals surface area (Å²) in [6.45, 7) is 0.282. The topological polar surface area (TPSA) is 48.1 Å². The van der Waals surface area contributed by atoms with Crippen LogP contribution in [0.4, 0.5) is 4.39 Å². The molecule has 1 aromatic carbocycles. The van der Waals surface area contributed by atoms with Crippen molar-refractivity contribution in [2.24, 2.45) is 5.73 Å². The number of pyridine rings is 1. The van der Waals surface area contributed by atoms with Crippen LogP contribution in [0.3, 0.4) is 0 Å². The molecule has 88 valence electrons. The van der Waals surface area contributed by atoms with E-state index in [4.69, 9.17) is 10.5 Å². The highest BCUT2D eigenvalue weighted by Gasteiger charge is 2.06. The molecule has 0 radical (unpaired) electrons. The first kappa shape index (κ1) is 12.0. The van der Waals surface area contributed by atoms with Gasteiger partial charge in [-0.3, -0.25) is 4.98 Å². The van der Waals surface area contributed by atoms with Crippen LogP contribution in [-0.4, -0.2) is 4.98 Å². The van der Waals surface area contributed by atoms with E-state index in [2.05, 4.69) is 20.9 Å². The van der Waals surface area contributed by atoms with E-state index in [1.54, 1.807) is 24.4 Å². The van der Waals surface area contributed by atoms with Crippen LogP contribution >= 0.6 is 15.9 Å². The van der Waals surface area contributed by atoms with Gasteiger partial charge in [-0.25, -0.2) is 4.39 Å². The van der Waals surface area contributed by atoms with Crippen molar-refractivity contribution in [1.82, 2.24) is 4.98 Å². The van der Waals surface area contributed by atoms with E-state index in [1.807, 2.05) is 0 Å². The quantitative estimate of drug-likeness (QED) is 0.946. The summed E-state index contributed by atoms with van der Waals surface area (Å²) in [4.78, 5) is 4.14. The highest BCUT2D eigenvalue weighted by molar-refractivity contribution is 9.10. The van der Waals surface area contributed by atoms with Crippen LogP contribution in [0.15, 0.2) is 41.0 Å².